The van der Waals surface area contributed by atoms with Gasteiger partial charge in [-0.2, -0.15) is 39.5 Å². The second-order valence-corrected chi connectivity index (χ2v) is 27.8. The molecule has 3 aromatic carbocycles. The number of nitrogens with two attached hydrogens (primary N) is 1. The second-order valence-electron chi connectivity index (χ2n) is 27.8. The number of anilines is 3. The van der Waals surface area contributed by atoms with Crippen LogP contribution in [0, 0.1) is 35.2 Å². The Hall–Kier alpha value is -8.80. The highest BCUT2D eigenvalue weighted by Crippen LogP contribution is 2.31. The summed E-state index contributed by atoms with van der Waals surface area (Å²) in [7, 11) is 0. The summed E-state index contributed by atoms with van der Waals surface area (Å²) in [6, 6.07) is 25.0. The molecule has 6 aliphatic heterocycles. The molecular weight excluding hydrogens is 1470 g/mol. The topological polar surface area (TPSA) is 268 Å². The number of aliphatic hydroxyl groups excluding tert-OH is 3. The zero-order valence-corrected chi connectivity index (χ0v) is 59.8. The maximum absolute atomic E-state index is 13.2. The van der Waals surface area contributed by atoms with E-state index in [1.54, 1.807) is 36.4 Å². The maximum atomic E-state index is 13.2. The summed E-state index contributed by atoms with van der Waals surface area (Å²) in [6.45, 7) is 6.09. The van der Waals surface area contributed by atoms with Gasteiger partial charge in [-0.05, 0) is 188 Å². The van der Waals surface area contributed by atoms with E-state index in [2.05, 4.69) is 54.5 Å². The number of amides is 2. The van der Waals surface area contributed by atoms with Crippen molar-refractivity contribution in [3.63, 3.8) is 0 Å². The molecule has 34 heteroatoms. The van der Waals surface area contributed by atoms with Crippen LogP contribution in [0.4, 0.5) is 69.7 Å². The molecule has 8 N–H and O–H groups in total. The highest BCUT2D eigenvalue weighted by molar-refractivity contribution is 5.81. The fourth-order valence-electron chi connectivity index (χ4n) is 13.6. The number of aliphatic carboxylic acids is 1. The fourth-order valence-corrected chi connectivity index (χ4v) is 13.6. The van der Waals surface area contributed by atoms with Crippen molar-refractivity contribution in [1.29, 1.82) is 0 Å². The molecule has 0 radical (unpaired) electrons. The first-order valence-corrected chi connectivity index (χ1v) is 36.2. The number of nitrogens with one attached hydrogen (secondary N) is 2. The lowest BCUT2D eigenvalue weighted by molar-refractivity contribution is -0.154. The van der Waals surface area contributed by atoms with Crippen molar-refractivity contribution in [3.05, 3.63) is 162 Å². The van der Waals surface area contributed by atoms with Crippen LogP contribution in [-0.2, 0) is 14.4 Å². The first kappa shape index (κ1) is 86.8. The van der Waals surface area contributed by atoms with E-state index in [-0.39, 0.29) is 72.1 Å². The first-order chi connectivity index (χ1) is 51.9. The number of nitrogens with zero attached hydrogens (tertiary/aromatic N) is 9. The van der Waals surface area contributed by atoms with Gasteiger partial charge in [0, 0.05) is 135 Å². The molecule has 12 rings (SSSR count). The summed E-state index contributed by atoms with van der Waals surface area (Å²) < 4.78 is 163. The molecule has 6 aliphatic rings. The fraction of sp³-hybridized carbons (Fsp3) is 0.526. The van der Waals surface area contributed by atoms with Crippen LogP contribution >= 0.6 is 0 Å². The number of benzene rings is 3. The minimum atomic E-state index is -4.47. The number of carbonyl (C=O) groups excluding carboxylic acids is 2. The Morgan fingerprint density at radius 1 is 0.427 bits per heavy atom. The van der Waals surface area contributed by atoms with Crippen molar-refractivity contribution < 1.29 is 102 Å². The summed E-state index contributed by atoms with van der Waals surface area (Å²) in [6.07, 6.45) is -4.30. The molecule has 110 heavy (non-hydrogen) atoms. The third-order valence-electron chi connectivity index (χ3n) is 19.5. The number of carboxylic acids is 1. The second kappa shape index (κ2) is 40.9. The average molecular weight is 1570 g/mol. The van der Waals surface area contributed by atoms with Gasteiger partial charge in [0.05, 0.1) is 35.9 Å². The van der Waals surface area contributed by atoms with Crippen molar-refractivity contribution in [2.24, 2.45) is 23.5 Å². The zero-order valence-electron chi connectivity index (χ0n) is 59.8. The smallest absolute Gasteiger partial charge is 0.422 e. The largest absolute Gasteiger partial charge is 0.481 e. The Labute approximate surface area is 630 Å². The standard InChI is InChI=1S/2C25H30F4N4O3.C14H20F3N3O2.C11H12FNO2.CH4/c2*26-19-4-6-20(7-5-19)33-12-9-18(14-33)24(35)31-21(15-32-10-1-2-11-32)23(34)17-3-8-22(30-13-17)36-16-25(27,28)29;15-14(16,17)9-22-12-4-3-10(7-19-12)13(21)11(18)8-20-5-1-2-6-20;12-9-1-3-10(4-2-9)13-6-5-8(7-13)11(14)15;/h2*3-8,13,18,21,23,34H,1-2,9-12,14-16H2,(H,31,35);3-4,7,11,13,21H,1-2,5-6,8-9,18H2;1-4,8H,5-7H2,(H,14,15);1H4/t18-,21+,23+;18-,21-,23-;11-,13?;;/m011../s1. The van der Waals surface area contributed by atoms with E-state index in [1.807, 2.05) is 14.7 Å². The molecule has 0 saturated carbocycles. The number of aromatic nitrogens is 3. The maximum Gasteiger partial charge on any atom is 0.422 e. The lowest BCUT2D eigenvalue weighted by Crippen LogP contribution is -2.48. The van der Waals surface area contributed by atoms with E-state index >= 15 is 0 Å². The number of carbonyl (C=O) groups is 3. The summed E-state index contributed by atoms with van der Waals surface area (Å²) in [5.74, 6) is -3.43. The number of aliphatic hydroxyl groups is 3. The van der Waals surface area contributed by atoms with E-state index in [0.29, 0.717) is 88.3 Å². The zero-order chi connectivity index (χ0) is 78.4. The summed E-state index contributed by atoms with van der Waals surface area (Å²) in [4.78, 5) is 61.1. The van der Waals surface area contributed by atoms with Crippen LogP contribution in [0.5, 0.6) is 17.6 Å². The van der Waals surface area contributed by atoms with Gasteiger partial charge in [0.1, 0.15) is 29.7 Å². The normalized spacial score (nSPS) is 20.0. The Bertz CT molecular complexity index is 3590. The van der Waals surface area contributed by atoms with E-state index in [9.17, 15) is 82.4 Å². The summed E-state index contributed by atoms with van der Waals surface area (Å²) in [5.41, 5.74) is 9.78. The molecule has 2 amide bonds. The van der Waals surface area contributed by atoms with Crippen molar-refractivity contribution >= 4 is 34.8 Å². The van der Waals surface area contributed by atoms with Crippen LogP contribution in [0.15, 0.2) is 128 Å². The van der Waals surface area contributed by atoms with E-state index < -0.39 is 80.8 Å². The number of rotatable bonds is 26. The molecule has 22 nitrogen and oxygen atoms in total. The quantitative estimate of drug-likeness (QED) is 0.0249. The van der Waals surface area contributed by atoms with Crippen LogP contribution in [0.25, 0.3) is 0 Å². The Morgan fingerprint density at radius 2 is 0.709 bits per heavy atom. The van der Waals surface area contributed by atoms with Gasteiger partial charge in [-0.25, -0.2) is 28.1 Å². The Morgan fingerprint density at radius 3 is 0.982 bits per heavy atom. The lowest BCUT2D eigenvalue weighted by Gasteiger charge is -2.29. The molecule has 604 valence electrons. The Kier molecular flexibility index (Phi) is 32.3. The van der Waals surface area contributed by atoms with Crippen LogP contribution in [0.3, 0.4) is 0 Å². The van der Waals surface area contributed by atoms with Crippen molar-refractivity contribution in [3.8, 4) is 17.6 Å². The van der Waals surface area contributed by atoms with Crippen LogP contribution < -0.4 is 45.3 Å². The van der Waals surface area contributed by atoms with Crippen molar-refractivity contribution in [2.45, 2.75) is 120 Å². The number of hydrogen-bond acceptors (Lipinski definition) is 19. The van der Waals surface area contributed by atoms with Gasteiger partial charge < -0.3 is 80.4 Å². The third-order valence-corrected chi connectivity index (χ3v) is 19.5. The minimum Gasteiger partial charge on any atom is -0.481 e. The highest BCUT2D eigenvalue weighted by Gasteiger charge is 2.37. The van der Waals surface area contributed by atoms with E-state index in [4.69, 9.17) is 10.8 Å². The third kappa shape index (κ3) is 27.9. The highest BCUT2D eigenvalue weighted by atomic mass is 19.4. The molecule has 0 bridgehead atoms. The molecule has 2 unspecified atom stereocenters. The van der Waals surface area contributed by atoms with E-state index in [0.717, 1.165) is 101 Å². The lowest BCUT2D eigenvalue weighted by atomic mass is 10.0. The molecule has 0 aliphatic carbocycles. The Balaban J connectivity index is 0.000000193. The van der Waals surface area contributed by atoms with Gasteiger partial charge in [0.15, 0.2) is 19.8 Å². The number of alkyl halides is 9. The number of halogens is 12. The molecule has 3 aromatic heterocycles. The molecule has 6 aromatic rings. The SMILES string of the molecule is C.N[C@H](CN1CCCC1)C(O)c1ccc(OCC(F)(F)F)nc1.O=C(N[C@H](CN1CCCC1)[C@H](O)c1ccc(OCC(F)(F)F)nc1)[C@@H]1CCN(c2ccc(F)cc2)C1.O=C(N[C@H](CN1CCCC1)[C@H](O)c1ccc(OCC(F)(F)F)nc1)[C@H]1CCN(c2ccc(F)cc2)C1.O=C(O)C1CCN(c2ccc(F)cc2)C1. The molecule has 0 spiro atoms. The minimum absolute atomic E-state index is 0. The van der Waals surface area contributed by atoms with Gasteiger partial charge >= 0.3 is 24.5 Å². The number of carboxylic acid groups (broad SMARTS) is 1. The van der Waals surface area contributed by atoms with Gasteiger partial charge in [-0.3, -0.25) is 14.4 Å². The predicted octanol–water partition coefficient (Wildman–Crippen LogP) is 10.5. The van der Waals surface area contributed by atoms with Crippen molar-refractivity contribution in [1.82, 2.24) is 40.3 Å². The van der Waals surface area contributed by atoms with Crippen LogP contribution in [-0.4, -0.2) is 223 Å². The number of ether oxygens (including phenoxy) is 3. The average Bonchev–Trinajstić information content (AvgIpc) is 1.58. The number of likely N-dealkylation sites (tertiary alicyclic amines) is 3. The molecule has 6 fully saturated rings. The molecule has 9 heterocycles. The van der Waals surface area contributed by atoms with Gasteiger partial charge in [-0.1, -0.05) is 7.43 Å². The van der Waals surface area contributed by atoms with E-state index in [1.165, 1.54) is 91.4 Å². The summed E-state index contributed by atoms with van der Waals surface area (Å²) in [5, 5.41) is 47.2. The van der Waals surface area contributed by atoms with Gasteiger partial charge in [-0.15, -0.1) is 0 Å². The van der Waals surface area contributed by atoms with Crippen molar-refractivity contribution in [2.75, 3.05) is 133 Å². The molecular formula is C76H96F12N12O10. The molecule has 9 atom stereocenters. The monoisotopic (exact) mass is 1560 g/mol. The van der Waals surface area contributed by atoms with Crippen LogP contribution in [0.1, 0.15) is 100 Å². The summed E-state index contributed by atoms with van der Waals surface area (Å²) >= 11 is 0. The van der Waals surface area contributed by atoms with Gasteiger partial charge in [0.2, 0.25) is 29.5 Å². The van der Waals surface area contributed by atoms with Gasteiger partial charge in [0.25, 0.3) is 0 Å². The van der Waals surface area contributed by atoms with Crippen LogP contribution in [0.2, 0.25) is 0 Å². The number of hydrogen-bond donors (Lipinski definition) is 7. The number of pyridine rings is 3. The predicted molar refractivity (Wildman–Crippen MR) is 386 cm³/mol. The molecule has 6 saturated heterocycles. The first-order valence-electron chi connectivity index (χ1n) is 36.2.